The number of hydrogen-bond donors (Lipinski definition) is 0. The van der Waals surface area contributed by atoms with Crippen molar-refractivity contribution in [2.24, 2.45) is 0 Å². The molecule has 0 aliphatic carbocycles. The monoisotopic (exact) mass is 845 g/mol. The number of rotatable bonds is 6. The van der Waals surface area contributed by atoms with Crippen LogP contribution in [0.4, 0.5) is 17.1 Å². The van der Waals surface area contributed by atoms with Gasteiger partial charge in [-0.05, 0) is 120 Å². The van der Waals surface area contributed by atoms with E-state index in [1.807, 2.05) is 0 Å². The predicted molar refractivity (Wildman–Crippen MR) is 271 cm³/mol. The SMILES string of the molecule is CC(C)c1ccc2c(c1)B1c3cc(C(C)C)c4c5c3N3c6c(cc(C(C)C)c(c61)S2)B1c2cc(C(C)C)ccc2Sc2c(C(C)C)cc(c3c21)B5c1cc(C(C)C)ccc1S4. The van der Waals surface area contributed by atoms with Crippen molar-refractivity contribution in [3.8, 4) is 0 Å². The average Bonchev–Trinajstić information content (AvgIpc) is 3.23. The van der Waals surface area contributed by atoms with Crippen molar-refractivity contribution in [2.75, 3.05) is 4.90 Å². The molecule has 0 fully saturated rings. The Morgan fingerprint density at radius 1 is 0.344 bits per heavy atom. The molecule has 0 unspecified atom stereocenters. The van der Waals surface area contributed by atoms with Crippen molar-refractivity contribution in [1.29, 1.82) is 0 Å². The van der Waals surface area contributed by atoms with Gasteiger partial charge < -0.3 is 4.90 Å². The maximum atomic E-state index is 2.89. The van der Waals surface area contributed by atoms with E-state index < -0.39 is 0 Å². The first-order valence-electron chi connectivity index (χ1n) is 23.1. The zero-order chi connectivity index (χ0) is 42.2. The van der Waals surface area contributed by atoms with Crippen LogP contribution in [0.2, 0.25) is 0 Å². The fourth-order valence-corrected chi connectivity index (χ4v) is 16.0. The molecule has 6 aliphatic rings. The normalized spacial score (nSPS) is 15.4. The number of hydrogen-bond acceptors (Lipinski definition) is 4. The van der Waals surface area contributed by atoms with E-state index in [0.717, 1.165) is 0 Å². The highest BCUT2D eigenvalue weighted by Gasteiger charge is 2.56. The Kier molecular flexibility index (Phi) is 8.59. The van der Waals surface area contributed by atoms with Crippen LogP contribution in [-0.4, -0.2) is 20.1 Å². The first-order chi connectivity index (χ1) is 29.2. The molecule has 0 atom stereocenters. The molecule has 0 amide bonds. The summed E-state index contributed by atoms with van der Waals surface area (Å²) in [5, 5.41) is 0. The quantitative estimate of drug-likeness (QED) is 0.153. The van der Waals surface area contributed by atoms with Crippen molar-refractivity contribution in [3.63, 3.8) is 0 Å². The molecule has 6 heterocycles. The molecule has 7 heteroatoms. The van der Waals surface area contributed by atoms with Gasteiger partial charge in [0, 0.05) is 46.4 Å². The summed E-state index contributed by atoms with van der Waals surface area (Å²) in [4.78, 5) is 11.7. The van der Waals surface area contributed by atoms with Crippen molar-refractivity contribution in [3.05, 3.63) is 106 Å². The lowest BCUT2D eigenvalue weighted by atomic mass is 9.26. The zero-order valence-electron chi connectivity index (χ0n) is 37.8. The fourth-order valence-electron chi connectivity index (χ4n) is 11.8. The molecular formula is C54H54B3NS3. The van der Waals surface area contributed by atoms with Crippen LogP contribution in [0.15, 0.2) is 102 Å². The third kappa shape index (κ3) is 5.18. The second-order valence-electron chi connectivity index (χ2n) is 20.7. The molecule has 0 bridgehead atoms. The van der Waals surface area contributed by atoms with Crippen LogP contribution < -0.4 is 54.1 Å². The highest BCUT2D eigenvalue weighted by atomic mass is 32.2. The second kappa shape index (κ2) is 13.4. The van der Waals surface area contributed by atoms with Gasteiger partial charge in [-0.1, -0.05) is 189 Å². The fraction of sp³-hybridized carbons (Fsp3) is 0.333. The minimum absolute atomic E-state index is 0.164. The van der Waals surface area contributed by atoms with Crippen molar-refractivity contribution >= 4 is 122 Å². The van der Waals surface area contributed by atoms with E-state index in [4.69, 9.17) is 0 Å². The molecule has 1 nitrogen and oxygen atoms in total. The minimum Gasteiger partial charge on any atom is -0.313 e. The maximum Gasteiger partial charge on any atom is 0.249 e. The molecule has 0 N–H and O–H groups in total. The Balaban J connectivity index is 1.30. The summed E-state index contributed by atoms with van der Waals surface area (Å²) in [5.74, 6) is 2.56. The van der Waals surface area contributed by atoms with Gasteiger partial charge in [-0.15, -0.1) is 0 Å². The average molecular weight is 846 g/mol. The lowest BCUT2D eigenvalue weighted by Crippen LogP contribution is -2.73. The molecule has 61 heavy (non-hydrogen) atoms. The van der Waals surface area contributed by atoms with Crippen molar-refractivity contribution in [1.82, 2.24) is 0 Å². The lowest BCUT2D eigenvalue weighted by Gasteiger charge is -2.53. The van der Waals surface area contributed by atoms with Gasteiger partial charge in [0.1, 0.15) is 0 Å². The van der Waals surface area contributed by atoms with E-state index in [1.54, 1.807) is 16.4 Å². The van der Waals surface area contributed by atoms with E-state index in [-0.39, 0.29) is 20.1 Å². The van der Waals surface area contributed by atoms with E-state index in [1.165, 1.54) is 113 Å². The molecule has 12 rings (SSSR count). The number of anilines is 3. The summed E-state index contributed by atoms with van der Waals surface area (Å²) < 4.78 is 0. The number of fused-ring (bicyclic) bond motifs is 9. The third-order valence-electron chi connectivity index (χ3n) is 15.0. The Bertz CT molecular complexity index is 2640. The molecule has 0 aromatic heterocycles. The highest BCUT2D eigenvalue weighted by Crippen LogP contribution is 2.51. The van der Waals surface area contributed by atoms with Crippen molar-refractivity contribution < 1.29 is 0 Å². The van der Waals surface area contributed by atoms with Crippen LogP contribution in [0.1, 0.15) is 152 Å². The Labute approximate surface area is 378 Å². The van der Waals surface area contributed by atoms with E-state index >= 15 is 0 Å². The van der Waals surface area contributed by atoms with Gasteiger partial charge in [-0.25, -0.2) is 0 Å². The first-order valence-corrected chi connectivity index (χ1v) is 25.5. The largest absolute Gasteiger partial charge is 0.313 e. The number of benzene rings is 6. The maximum absolute atomic E-state index is 2.89. The minimum atomic E-state index is 0.164. The molecule has 0 saturated heterocycles. The molecule has 0 radical (unpaired) electrons. The third-order valence-corrected chi connectivity index (χ3v) is 18.8. The molecular weight excluding hydrogens is 791 g/mol. The van der Waals surface area contributed by atoms with Crippen LogP contribution in [0, 0.1) is 0 Å². The topological polar surface area (TPSA) is 3.24 Å². The molecule has 302 valence electrons. The molecule has 6 aliphatic heterocycles. The van der Waals surface area contributed by atoms with Crippen LogP contribution in [0.5, 0.6) is 0 Å². The molecule has 0 saturated carbocycles. The number of nitrogens with zero attached hydrogens (tertiary/aromatic N) is 1. The summed E-state index contributed by atoms with van der Waals surface area (Å²) in [7, 11) is 0. The predicted octanol–water partition coefficient (Wildman–Crippen LogP) is 9.78. The van der Waals surface area contributed by atoms with Crippen LogP contribution >= 0.6 is 35.3 Å². The Hall–Kier alpha value is -3.64. The van der Waals surface area contributed by atoms with E-state index in [9.17, 15) is 0 Å². The van der Waals surface area contributed by atoms with E-state index in [2.05, 4.69) is 196 Å². The summed E-state index contributed by atoms with van der Waals surface area (Å²) >= 11 is 6.18. The van der Waals surface area contributed by atoms with Gasteiger partial charge in [0.05, 0.1) is 0 Å². The van der Waals surface area contributed by atoms with Gasteiger partial charge in [-0.2, -0.15) is 0 Å². The smallest absolute Gasteiger partial charge is 0.249 e. The summed E-state index contributed by atoms with van der Waals surface area (Å²) in [6, 6.07) is 30.6. The van der Waals surface area contributed by atoms with E-state index in [0.29, 0.717) is 35.5 Å². The first kappa shape index (κ1) is 39.0. The van der Waals surface area contributed by atoms with Gasteiger partial charge in [-0.3, -0.25) is 0 Å². The summed E-state index contributed by atoms with van der Waals surface area (Å²) in [5.41, 5.74) is 27.1. The van der Waals surface area contributed by atoms with Crippen LogP contribution in [0.3, 0.4) is 0 Å². The zero-order valence-corrected chi connectivity index (χ0v) is 40.2. The van der Waals surface area contributed by atoms with Crippen LogP contribution in [0.25, 0.3) is 0 Å². The molecule has 6 aromatic rings. The Morgan fingerprint density at radius 2 is 0.623 bits per heavy atom. The van der Waals surface area contributed by atoms with Gasteiger partial charge in [0.25, 0.3) is 0 Å². The van der Waals surface area contributed by atoms with Gasteiger partial charge >= 0.3 is 0 Å². The summed E-state index contributed by atoms with van der Waals surface area (Å²) in [6.07, 6.45) is 0. The highest BCUT2D eigenvalue weighted by molar-refractivity contribution is 8.00. The molecule has 0 spiro atoms. The lowest BCUT2D eigenvalue weighted by molar-refractivity contribution is 0.842. The molecule has 6 aromatic carbocycles. The van der Waals surface area contributed by atoms with Crippen LogP contribution in [-0.2, 0) is 0 Å². The van der Waals surface area contributed by atoms with Crippen molar-refractivity contribution in [2.45, 2.75) is 148 Å². The Morgan fingerprint density at radius 3 is 0.869 bits per heavy atom. The summed E-state index contributed by atoms with van der Waals surface area (Å²) in [6.45, 7) is 29.3. The van der Waals surface area contributed by atoms with Gasteiger partial charge in [0.2, 0.25) is 20.1 Å². The standard InChI is InChI=1S/C54H54B3NS3/c1-25(2)31-13-16-43-37(19-31)55-40-22-34(28(7)8)53-47-49(40)58-50-41(23-35(29(9)10)52(59-43)46(50)55)56-38-20-32(26(3)4)14-17-44(38)61-54-36(30(11)12)24-42(51(58)48(54)56)57(47)39-21-33(27(5)6)15-18-45(39)60-53/h13-30H,1-12H3. The second-order valence-corrected chi connectivity index (χ2v) is 23.9. The van der Waals surface area contributed by atoms with Gasteiger partial charge in [0.15, 0.2) is 0 Å².